The Kier molecular flexibility index (Phi) is 13.1. The fourth-order valence-corrected chi connectivity index (χ4v) is 4.50. The summed E-state index contributed by atoms with van der Waals surface area (Å²) in [4.78, 5) is 29.2. The summed E-state index contributed by atoms with van der Waals surface area (Å²) < 4.78 is 16.3. The van der Waals surface area contributed by atoms with E-state index in [9.17, 15) is 9.59 Å². The van der Waals surface area contributed by atoms with Gasteiger partial charge in [0.15, 0.2) is 0 Å². The maximum atomic E-state index is 12.4. The lowest BCUT2D eigenvalue weighted by atomic mass is 10.1. The molecule has 1 aliphatic rings. The maximum absolute atomic E-state index is 12.4. The summed E-state index contributed by atoms with van der Waals surface area (Å²) in [5, 5.41) is 2.94. The van der Waals surface area contributed by atoms with Crippen molar-refractivity contribution in [2.24, 2.45) is 0 Å². The second-order valence-electron chi connectivity index (χ2n) is 8.80. The number of rotatable bonds is 6. The first-order chi connectivity index (χ1) is 16.9. The molecule has 2 rings (SSSR count). The van der Waals surface area contributed by atoms with Gasteiger partial charge in [-0.25, -0.2) is 9.78 Å². The molecule has 2 heterocycles. The van der Waals surface area contributed by atoms with Crippen LogP contribution in [0.4, 0.5) is 0 Å². The largest absolute Gasteiger partial charge is 0.462 e. The van der Waals surface area contributed by atoms with Crippen molar-refractivity contribution < 1.29 is 23.8 Å². The van der Waals surface area contributed by atoms with Crippen LogP contribution in [0.3, 0.4) is 0 Å². The molecule has 2 bridgehead atoms. The Balaban J connectivity index is 2.18. The molecular weight excluding hydrogens is 462 g/mol. The van der Waals surface area contributed by atoms with Gasteiger partial charge < -0.3 is 14.2 Å². The molecule has 0 saturated heterocycles. The molecular formula is C28H37NO5S. The van der Waals surface area contributed by atoms with Gasteiger partial charge in [0.1, 0.15) is 12.2 Å². The average molecular weight is 500 g/mol. The van der Waals surface area contributed by atoms with Crippen LogP contribution in [0.1, 0.15) is 70.0 Å². The number of ether oxygens (including phenoxy) is 3. The fourth-order valence-electron chi connectivity index (χ4n) is 3.63. The van der Waals surface area contributed by atoms with E-state index < -0.39 is 12.1 Å². The number of carbonyl (C=O) groups is 2. The third-order valence-electron chi connectivity index (χ3n) is 5.28. The molecule has 0 amide bonds. The number of allylic oxidation sites excluding steroid dienone is 4. The van der Waals surface area contributed by atoms with Gasteiger partial charge in [0, 0.05) is 44.3 Å². The molecule has 0 spiro atoms. The summed E-state index contributed by atoms with van der Waals surface area (Å²) >= 11 is 1.56. The van der Waals surface area contributed by atoms with Crippen LogP contribution in [-0.4, -0.2) is 42.8 Å². The normalized spacial score (nSPS) is 22.6. The highest BCUT2D eigenvalue weighted by Gasteiger charge is 2.15. The van der Waals surface area contributed by atoms with E-state index in [2.05, 4.69) is 17.9 Å². The number of unbranched alkanes of at least 4 members (excludes halogenated alkanes) is 1. The van der Waals surface area contributed by atoms with Crippen molar-refractivity contribution in [1.29, 1.82) is 0 Å². The third kappa shape index (κ3) is 12.5. The van der Waals surface area contributed by atoms with Gasteiger partial charge in [0.25, 0.3) is 0 Å². The predicted octanol–water partition coefficient (Wildman–Crippen LogP) is 5.52. The summed E-state index contributed by atoms with van der Waals surface area (Å²) in [5.41, 5.74) is 2.94. The van der Waals surface area contributed by atoms with Crippen LogP contribution in [0, 0.1) is 11.8 Å². The zero-order chi connectivity index (χ0) is 25.5. The lowest BCUT2D eigenvalue weighted by Gasteiger charge is -2.13. The Hall–Kier alpha value is -2.69. The molecule has 190 valence electrons. The number of methoxy groups -OCH3 is 1. The van der Waals surface area contributed by atoms with Crippen molar-refractivity contribution in [2.45, 2.75) is 84.3 Å². The number of carbonyl (C=O) groups excluding carboxylic acids is 2. The van der Waals surface area contributed by atoms with E-state index in [0.717, 1.165) is 60.6 Å². The van der Waals surface area contributed by atoms with E-state index in [0.29, 0.717) is 19.3 Å². The smallest absolute Gasteiger partial charge is 0.385 e. The van der Waals surface area contributed by atoms with Gasteiger partial charge in [0.05, 0.1) is 10.7 Å². The van der Waals surface area contributed by atoms with Gasteiger partial charge in [-0.1, -0.05) is 29.2 Å². The Bertz CT molecular complexity index is 979. The molecule has 0 aliphatic carbocycles. The highest BCUT2D eigenvalue weighted by molar-refractivity contribution is 7.09. The minimum atomic E-state index is -0.582. The molecule has 0 unspecified atom stereocenters. The zero-order valence-electron chi connectivity index (χ0n) is 21.3. The first-order valence-corrected chi connectivity index (χ1v) is 13.1. The molecule has 0 N–H and O–H groups in total. The Morgan fingerprint density at radius 3 is 2.86 bits per heavy atom. The lowest BCUT2D eigenvalue weighted by molar-refractivity contribution is -0.148. The quantitative estimate of drug-likeness (QED) is 0.169. The topological polar surface area (TPSA) is 74.7 Å². The van der Waals surface area contributed by atoms with Gasteiger partial charge in [-0.15, -0.1) is 11.3 Å². The van der Waals surface area contributed by atoms with Crippen molar-refractivity contribution in [2.75, 3.05) is 13.7 Å². The molecule has 0 fully saturated rings. The molecule has 1 aliphatic heterocycles. The van der Waals surface area contributed by atoms with Crippen molar-refractivity contribution >= 4 is 23.3 Å². The highest BCUT2D eigenvalue weighted by Crippen LogP contribution is 2.18. The Labute approximate surface area is 213 Å². The summed E-state index contributed by atoms with van der Waals surface area (Å²) in [6, 6.07) is 0. The summed E-state index contributed by atoms with van der Waals surface area (Å²) in [6.45, 7) is 6.49. The van der Waals surface area contributed by atoms with Gasteiger partial charge in [-0.05, 0) is 65.0 Å². The van der Waals surface area contributed by atoms with Crippen LogP contribution < -0.4 is 0 Å². The van der Waals surface area contributed by atoms with Crippen LogP contribution >= 0.6 is 11.3 Å². The summed E-state index contributed by atoms with van der Waals surface area (Å²) in [5.74, 6) is 4.55. The molecule has 0 radical (unpaired) electrons. The monoisotopic (exact) mass is 499 g/mol. The van der Waals surface area contributed by atoms with E-state index in [4.69, 9.17) is 19.2 Å². The second kappa shape index (κ2) is 16.1. The predicted molar refractivity (Wildman–Crippen MR) is 139 cm³/mol. The van der Waals surface area contributed by atoms with E-state index in [1.807, 2.05) is 38.3 Å². The van der Waals surface area contributed by atoms with E-state index in [1.54, 1.807) is 24.5 Å². The number of hydrogen-bond donors (Lipinski definition) is 0. The van der Waals surface area contributed by atoms with E-state index >= 15 is 0 Å². The maximum Gasteiger partial charge on any atom is 0.385 e. The molecule has 1 aromatic heterocycles. The first kappa shape index (κ1) is 28.5. The van der Waals surface area contributed by atoms with E-state index in [-0.39, 0.29) is 12.1 Å². The number of aromatic nitrogens is 1. The number of fused-ring (bicyclic) bond motifs is 2. The van der Waals surface area contributed by atoms with Crippen LogP contribution in [0.15, 0.2) is 40.8 Å². The van der Waals surface area contributed by atoms with Gasteiger partial charge in [0.2, 0.25) is 0 Å². The molecule has 1 aromatic rings. The lowest BCUT2D eigenvalue weighted by Crippen LogP contribution is -2.18. The Morgan fingerprint density at radius 2 is 2.06 bits per heavy atom. The second-order valence-corrected chi connectivity index (χ2v) is 9.74. The minimum Gasteiger partial charge on any atom is -0.462 e. The number of nitrogens with zero attached hydrogens (tertiary/aromatic N) is 1. The molecule has 2 atom stereocenters. The minimum absolute atomic E-state index is 0.186. The molecule has 0 saturated carbocycles. The average Bonchev–Trinajstić information content (AvgIpc) is 3.22. The SMILES string of the molecule is COCCC/C=C/C(C)=C/[C@@H]1Cc2nc(cs2)CCCCC(=O)O[C@@H](C)C/C(C)=C/C#CC(=O)O1. The zero-order valence-corrected chi connectivity index (χ0v) is 22.1. The molecule has 35 heavy (non-hydrogen) atoms. The highest BCUT2D eigenvalue weighted by atomic mass is 32.1. The fraction of sp³-hybridized carbons (Fsp3) is 0.536. The number of thiazole rings is 1. The van der Waals surface area contributed by atoms with Crippen LogP contribution in [-0.2, 0) is 36.6 Å². The van der Waals surface area contributed by atoms with Crippen molar-refractivity contribution in [3.8, 4) is 11.8 Å². The van der Waals surface area contributed by atoms with Crippen molar-refractivity contribution in [3.63, 3.8) is 0 Å². The first-order valence-electron chi connectivity index (χ1n) is 12.2. The third-order valence-corrected chi connectivity index (χ3v) is 6.20. The van der Waals surface area contributed by atoms with E-state index in [1.165, 1.54) is 0 Å². The molecule has 6 nitrogen and oxygen atoms in total. The Morgan fingerprint density at radius 1 is 1.26 bits per heavy atom. The number of aryl methyl sites for hydroxylation is 1. The molecule has 0 aromatic carbocycles. The number of cyclic esters (lactones) is 2. The number of hydrogen-bond acceptors (Lipinski definition) is 7. The summed E-state index contributed by atoms with van der Waals surface area (Å²) in [6.07, 6.45) is 12.8. The van der Waals surface area contributed by atoms with Gasteiger partial charge >= 0.3 is 11.9 Å². The standard InChI is InChI=1S/C28H37NO5S/c1-21-12-10-15-28(31)34-25(18-22(2)11-6-5-9-16-32-4)19-26-29-24(20-35-26)13-7-8-14-27(30)33-23(3)17-21/h6,11-12,18,20,23,25H,5,7-9,13-14,16-17,19H2,1-4H3/b11-6+,21-12+,22-18+/t23-,25+/m0/s1. The molecule has 7 heteroatoms. The van der Waals surface area contributed by atoms with Crippen LogP contribution in [0.5, 0.6) is 0 Å². The summed E-state index contributed by atoms with van der Waals surface area (Å²) in [7, 11) is 1.70. The van der Waals surface area contributed by atoms with Crippen LogP contribution in [0.2, 0.25) is 0 Å². The van der Waals surface area contributed by atoms with Crippen molar-refractivity contribution in [3.05, 3.63) is 51.5 Å². The van der Waals surface area contributed by atoms with Gasteiger partial charge in [-0.2, -0.15) is 0 Å². The number of esters is 2. The van der Waals surface area contributed by atoms with Crippen LogP contribution in [0.25, 0.3) is 0 Å². The van der Waals surface area contributed by atoms with Crippen molar-refractivity contribution in [1.82, 2.24) is 4.98 Å². The van der Waals surface area contributed by atoms with Gasteiger partial charge in [-0.3, -0.25) is 4.79 Å².